The van der Waals surface area contributed by atoms with E-state index < -0.39 is 5.54 Å². The molecule has 0 heterocycles. The normalized spacial score (nSPS) is 20.3. The molecule has 4 heteroatoms. The molecule has 0 radical (unpaired) electrons. The van der Waals surface area contributed by atoms with Gasteiger partial charge in [0.15, 0.2) is 26.7 Å². The van der Waals surface area contributed by atoms with Crippen LogP contribution in [0.15, 0.2) is 92.7 Å². The van der Waals surface area contributed by atoms with Crippen LogP contribution in [0.25, 0.3) is 0 Å². The van der Waals surface area contributed by atoms with E-state index in [1.54, 1.807) is 0 Å². The maximum Gasteiger partial charge on any atom is 0.187 e. The van der Waals surface area contributed by atoms with Gasteiger partial charge in [-0.25, -0.2) is 0 Å². The average Bonchev–Trinajstić information content (AvgIpc) is 2.65. The summed E-state index contributed by atoms with van der Waals surface area (Å²) >= 11 is 3.24. The van der Waals surface area contributed by atoms with E-state index in [0.29, 0.717) is 0 Å². The van der Waals surface area contributed by atoms with Crippen molar-refractivity contribution in [3.63, 3.8) is 0 Å². The predicted octanol–water partition coefficient (Wildman–Crippen LogP) is 5.53. The second kappa shape index (κ2) is 7.95. The third kappa shape index (κ3) is 3.59. The van der Waals surface area contributed by atoms with E-state index in [9.17, 15) is 4.79 Å². The van der Waals surface area contributed by atoms with Crippen molar-refractivity contribution in [1.29, 1.82) is 0 Å². The molecule has 1 unspecified atom stereocenters. The number of hydrogen-bond acceptors (Lipinski definition) is 2. The van der Waals surface area contributed by atoms with Crippen molar-refractivity contribution in [2.24, 2.45) is 0 Å². The highest BCUT2D eigenvalue weighted by molar-refractivity contribution is 9.11. The van der Waals surface area contributed by atoms with Crippen molar-refractivity contribution < 1.29 is 4.79 Å². The van der Waals surface area contributed by atoms with Crippen LogP contribution in [0.4, 0.5) is 0 Å². The number of allylic oxidation sites excluding steroid dienone is 2. The minimum absolute atomic E-state index is 0.159. The van der Waals surface area contributed by atoms with Crippen molar-refractivity contribution in [3.8, 4) is 0 Å². The zero-order valence-corrected chi connectivity index (χ0v) is 17.7. The SMILES string of the molecule is CCN([S+](c1ccccc1)c1ccccc1)C1(C)C=C(Br)C=C(C)C1=O. The lowest BCUT2D eigenvalue weighted by Crippen LogP contribution is -2.54. The molecule has 0 aliphatic heterocycles. The van der Waals surface area contributed by atoms with Gasteiger partial charge >= 0.3 is 0 Å². The van der Waals surface area contributed by atoms with Gasteiger partial charge in [0, 0.05) is 11.0 Å². The number of hydrogen-bond donors (Lipinski definition) is 0. The van der Waals surface area contributed by atoms with Gasteiger partial charge in [-0.15, -0.1) is 0 Å². The van der Waals surface area contributed by atoms with Crippen molar-refractivity contribution in [3.05, 3.63) is 82.9 Å². The van der Waals surface area contributed by atoms with Crippen molar-refractivity contribution >= 4 is 32.8 Å². The summed E-state index contributed by atoms with van der Waals surface area (Å²) < 4.78 is 3.28. The number of carbonyl (C=O) groups excluding carboxylic acids is 1. The molecule has 1 aliphatic carbocycles. The fourth-order valence-electron chi connectivity index (χ4n) is 3.37. The van der Waals surface area contributed by atoms with E-state index in [-0.39, 0.29) is 16.9 Å². The fourth-order valence-corrected chi connectivity index (χ4v) is 6.54. The minimum Gasteiger partial charge on any atom is -0.292 e. The minimum atomic E-state index is -0.693. The van der Waals surface area contributed by atoms with Crippen LogP contribution in [0.1, 0.15) is 20.8 Å². The van der Waals surface area contributed by atoms with Gasteiger partial charge in [0.05, 0.1) is 0 Å². The molecular weight excluding hydrogens is 406 g/mol. The first-order valence-corrected chi connectivity index (χ1v) is 10.7. The molecule has 26 heavy (non-hydrogen) atoms. The lowest BCUT2D eigenvalue weighted by atomic mass is 9.87. The van der Waals surface area contributed by atoms with E-state index in [1.807, 2.05) is 38.1 Å². The molecule has 0 saturated heterocycles. The van der Waals surface area contributed by atoms with E-state index in [2.05, 4.69) is 75.7 Å². The summed E-state index contributed by atoms with van der Waals surface area (Å²) in [6, 6.07) is 20.9. The first-order chi connectivity index (χ1) is 12.5. The third-order valence-corrected chi connectivity index (χ3v) is 7.52. The van der Waals surface area contributed by atoms with Crippen LogP contribution in [0.3, 0.4) is 0 Å². The maximum absolute atomic E-state index is 13.2. The van der Waals surface area contributed by atoms with Gasteiger partial charge in [-0.1, -0.05) is 56.6 Å². The Bertz CT molecular complexity index is 807. The number of halogens is 1. The highest BCUT2D eigenvalue weighted by Crippen LogP contribution is 2.38. The van der Waals surface area contributed by atoms with Gasteiger partial charge < -0.3 is 0 Å². The lowest BCUT2D eigenvalue weighted by molar-refractivity contribution is -0.121. The summed E-state index contributed by atoms with van der Waals surface area (Å²) in [7, 11) is 0. The topological polar surface area (TPSA) is 20.3 Å². The first kappa shape index (κ1) is 19.2. The van der Waals surface area contributed by atoms with Crippen LogP contribution >= 0.6 is 15.9 Å². The summed E-state index contributed by atoms with van der Waals surface area (Å²) in [5, 5.41) is 0. The molecule has 0 saturated carbocycles. The Balaban J connectivity index is 2.16. The number of carbonyl (C=O) groups is 1. The van der Waals surface area contributed by atoms with Crippen molar-refractivity contribution in [1.82, 2.24) is 4.31 Å². The Morgan fingerprint density at radius 1 is 1.00 bits per heavy atom. The predicted molar refractivity (Wildman–Crippen MR) is 113 cm³/mol. The molecule has 0 amide bonds. The van der Waals surface area contributed by atoms with Gasteiger partial charge in [0.1, 0.15) is 5.54 Å². The molecule has 0 bridgehead atoms. The molecule has 0 N–H and O–H groups in total. The van der Waals surface area contributed by atoms with Gasteiger partial charge in [-0.2, -0.15) is 0 Å². The van der Waals surface area contributed by atoms with Gasteiger partial charge in [-0.05, 0) is 62.8 Å². The van der Waals surface area contributed by atoms with Crippen LogP contribution in [0.5, 0.6) is 0 Å². The Labute approximate surface area is 167 Å². The van der Waals surface area contributed by atoms with Gasteiger partial charge in [-0.3, -0.25) is 4.79 Å². The van der Waals surface area contributed by atoms with E-state index >= 15 is 0 Å². The molecule has 2 aromatic carbocycles. The van der Waals surface area contributed by atoms with Gasteiger partial charge in [0.25, 0.3) is 0 Å². The summed E-state index contributed by atoms with van der Waals surface area (Å²) in [5.41, 5.74) is 0.0892. The second-order valence-corrected chi connectivity index (χ2v) is 9.31. The van der Waals surface area contributed by atoms with Crippen LogP contribution in [0, 0.1) is 0 Å². The Morgan fingerprint density at radius 2 is 1.50 bits per heavy atom. The molecule has 1 atom stereocenters. The van der Waals surface area contributed by atoms with E-state index in [1.165, 1.54) is 9.79 Å². The average molecular weight is 429 g/mol. The third-order valence-electron chi connectivity index (χ3n) is 4.55. The van der Waals surface area contributed by atoms with Crippen LogP contribution < -0.4 is 0 Å². The number of likely N-dealkylation sites (N-methyl/N-ethyl adjacent to an activating group) is 1. The monoisotopic (exact) mass is 428 g/mol. The number of benzene rings is 2. The zero-order valence-electron chi connectivity index (χ0n) is 15.3. The second-order valence-electron chi connectivity index (χ2n) is 6.44. The van der Waals surface area contributed by atoms with Crippen LogP contribution in [-0.4, -0.2) is 22.2 Å². The molecular formula is C22H23BrNOS+. The van der Waals surface area contributed by atoms with Crippen LogP contribution in [0.2, 0.25) is 0 Å². The summed E-state index contributed by atoms with van der Waals surface area (Å²) in [6.07, 6.45) is 3.94. The highest BCUT2D eigenvalue weighted by atomic mass is 79.9. The zero-order chi connectivity index (χ0) is 18.7. The van der Waals surface area contributed by atoms with Crippen molar-refractivity contribution in [2.45, 2.75) is 36.1 Å². The molecule has 0 fully saturated rings. The quantitative estimate of drug-likeness (QED) is 0.583. The Hall–Kier alpha value is -1.62. The van der Waals surface area contributed by atoms with E-state index in [0.717, 1.165) is 16.6 Å². The molecule has 3 rings (SSSR count). The van der Waals surface area contributed by atoms with Gasteiger partial charge in [0.2, 0.25) is 0 Å². The standard InChI is InChI=1S/C22H23BrNOS/c1-4-24(22(3)16-18(23)15-17(2)21(22)25)26(19-11-7-5-8-12-19)20-13-9-6-10-14-20/h5-16H,4H2,1-3H3/q+1. The Kier molecular flexibility index (Phi) is 5.86. The Morgan fingerprint density at radius 3 is 1.96 bits per heavy atom. The molecule has 2 nitrogen and oxygen atoms in total. The summed E-state index contributed by atoms with van der Waals surface area (Å²) in [4.78, 5) is 15.6. The molecule has 1 aliphatic rings. The lowest BCUT2D eigenvalue weighted by Gasteiger charge is -2.36. The summed E-state index contributed by atoms with van der Waals surface area (Å²) in [6.45, 7) is 6.81. The molecule has 2 aromatic rings. The fraction of sp³-hybridized carbons (Fsp3) is 0.227. The summed E-state index contributed by atoms with van der Waals surface area (Å²) in [5.74, 6) is 0.159. The smallest absolute Gasteiger partial charge is 0.187 e. The van der Waals surface area contributed by atoms with Crippen molar-refractivity contribution in [2.75, 3.05) is 6.54 Å². The number of rotatable bonds is 5. The molecule has 0 aromatic heterocycles. The van der Waals surface area contributed by atoms with Crippen LogP contribution in [-0.2, 0) is 15.9 Å². The number of nitrogens with zero attached hydrogens (tertiary/aromatic N) is 1. The molecule has 134 valence electrons. The number of Topliss-reactive ketones (excluding diaryl/α,β-unsaturated/α-hetero) is 1. The first-order valence-electron chi connectivity index (χ1n) is 8.71. The van der Waals surface area contributed by atoms with E-state index in [4.69, 9.17) is 0 Å². The number of ketones is 1. The highest BCUT2D eigenvalue weighted by Gasteiger charge is 2.50. The maximum atomic E-state index is 13.2. The molecule has 0 spiro atoms. The largest absolute Gasteiger partial charge is 0.292 e.